The summed E-state index contributed by atoms with van der Waals surface area (Å²) in [6, 6.07) is 7.13. The number of amides is 2. The van der Waals surface area contributed by atoms with Crippen molar-refractivity contribution in [3.63, 3.8) is 0 Å². The van der Waals surface area contributed by atoms with Crippen LogP contribution in [0.15, 0.2) is 24.3 Å². The van der Waals surface area contributed by atoms with E-state index in [1.807, 2.05) is 24.3 Å². The Morgan fingerprint density at radius 1 is 1.42 bits per heavy atom. The summed E-state index contributed by atoms with van der Waals surface area (Å²) in [6.45, 7) is 2.82. The number of nitrogens with one attached hydrogen (secondary N) is 2. The number of carbonyl (C=O) groups is 1. The molecule has 4 nitrogen and oxygen atoms in total. The Bertz CT molecular complexity index is 461. The van der Waals surface area contributed by atoms with Gasteiger partial charge in [-0.1, -0.05) is 31.3 Å². The van der Waals surface area contributed by atoms with Gasteiger partial charge in [-0.2, -0.15) is 0 Å². The normalized spacial score (nSPS) is 9.37. The second kappa shape index (κ2) is 9.01. The number of aliphatic hydroxyl groups excluding tert-OH is 1. The molecule has 1 aromatic carbocycles. The van der Waals surface area contributed by atoms with Crippen molar-refractivity contribution in [2.75, 3.05) is 18.5 Å². The minimum Gasteiger partial charge on any atom is -0.395 e. The zero-order valence-electron chi connectivity index (χ0n) is 11.2. The fourth-order valence-electron chi connectivity index (χ4n) is 1.45. The van der Waals surface area contributed by atoms with E-state index in [1.54, 1.807) is 0 Å². The van der Waals surface area contributed by atoms with Crippen molar-refractivity contribution in [2.24, 2.45) is 0 Å². The number of hydrogen-bond acceptors (Lipinski definition) is 2. The van der Waals surface area contributed by atoms with Crippen LogP contribution >= 0.6 is 0 Å². The predicted molar refractivity (Wildman–Crippen MR) is 77.0 cm³/mol. The summed E-state index contributed by atoms with van der Waals surface area (Å²) in [4.78, 5) is 11.6. The number of aliphatic hydroxyl groups is 1. The highest BCUT2D eigenvalue weighted by molar-refractivity contribution is 5.89. The molecule has 0 fully saturated rings. The number of hydrogen-bond donors (Lipinski definition) is 3. The molecule has 102 valence electrons. The van der Waals surface area contributed by atoms with E-state index < -0.39 is 0 Å². The van der Waals surface area contributed by atoms with E-state index >= 15 is 0 Å². The standard InChI is InChI=1S/C15H20N2O2/c1-2-3-10-16-15(19)17-14-9-6-8-13(12-14)7-4-5-11-18/h6,8-9,12,18H,2-3,5,10-11H2,1H3,(H2,16,17,19). The molecular formula is C15H20N2O2. The molecule has 0 aromatic heterocycles. The lowest BCUT2D eigenvalue weighted by atomic mass is 10.2. The molecule has 3 N–H and O–H groups in total. The van der Waals surface area contributed by atoms with Crippen LogP contribution in [0, 0.1) is 11.8 Å². The van der Waals surface area contributed by atoms with Gasteiger partial charge in [0.1, 0.15) is 0 Å². The molecule has 0 aliphatic carbocycles. The summed E-state index contributed by atoms with van der Waals surface area (Å²) in [5, 5.41) is 14.2. The van der Waals surface area contributed by atoms with Crippen LogP contribution in [0.2, 0.25) is 0 Å². The molecule has 0 radical (unpaired) electrons. The second-order valence-electron chi connectivity index (χ2n) is 4.09. The van der Waals surface area contributed by atoms with E-state index in [9.17, 15) is 4.79 Å². The van der Waals surface area contributed by atoms with Gasteiger partial charge in [-0.15, -0.1) is 0 Å². The van der Waals surface area contributed by atoms with E-state index in [2.05, 4.69) is 29.4 Å². The van der Waals surface area contributed by atoms with Gasteiger partial charge in [0.05, 0.1) is 6.61 Å². The zero-order chi connectivity index (χ0) is 13.9. The van der Waals surface area contributed by atoms with Crippen LogP contribution in [-0.4, -0.2) is 24.3 Å². The molecule has 0 aliphatic rings. The Balaban J connectivity index is 2.52. The Hall–Kier alpha value is -1.99. The molecule has 0 saturated heterocycles. The van der Waals surface area contributed by atoms with Gasteiger partial charge in [-0.25, -0.2) is 4.79 Å². The molecule has 0 atom stereocenters. The molecule has 0 bridgehead atoms. The van der Waals surface area contributed by atoms with E-state index in [-0.39, 0.29) is 12.6 Å². The first-order valence-corrected chi connectivity index (χ1v) is 6.51. The molecule has 19 heavy (non-hydrogen) atoms. The van der Waals surface area contributed by atoms with E-state index in [1.165, 1.54) is 0 Å². The highest BCUT2D eigenvalue weighted by atomic mass is 16.2. The Morgan fingerprint density at radius 3 is 3.00 bits per heavy atom. The fraction of sp³-hybridized carbons (Fsp3) is 0.400. The summed E-state index contributed by atoms with van der Waals surface area (Å²) in [7, 11) is 0. The average molecular weight is 260 g/mol. The van der Waals surface area contributed by atoms with Gasteiger partial charge in [0.25, 0.3) is 0 Å². The molecule has 0 heterocycles. The third kappa shape index (κ3) is 6.49. The molecule has 1 rings (SSSR count). The molecule has 2 amide bonds. The first-order valence-electron chi connectivity index (χ1n) is 6.51. The van der Waals surface area contributed by atoms with Crippen LogP contribution in [0.3, 0.4) is 0 Å². The average Bonchev–Trinajstić information content (AvgIpc) is 2.40. The maximum absolute atomic E-state index is 11.6. The van der Waals surface area contributed by atoms with Gasteiger partial charge < -0.3 is 15.7 Å². The van der Waals surface area contributed by atoms with Crippen molar-refractivity contribution in [3.05, 3.63) is 29.8 Å². The molecule has 1 aromatic rings. The first kappa shape index (κ1) is 15.1. The van der Waals surface area contributed by atoms with Crippen LogP contribution in [-0.2, 0) is 0 Å². The smallest absolute Gasteiger partial charge is 0.319 e. The molecule has 0 aliphatic heterocycles. The molecule has 0 saturated carbocycles. The van der Waals surface area contributed by atoms with Gasteiger partial charge in [0.15, 0.2) is 0 Å². The summed E-state index contributed by atoms with van der Waals surface area (Å²) in [6.07, 6.45) is 2.48. The van der Waals surface area contributed by atoms with Gasteiger partial charge >= 0.3 is 6.03 Å². The number of anilines is 1. The highest BCUT2D eigenvalue weighted by Crippen LogP contribution is 2.09. The third-order valence-electron chi connectivity index (χ3n) is 2.41. The molecular weight excluding hydrogens is 240 g/mol. The first-order chi connectivity index (χ1) is 9.26. The number of rotatable bonds is 5. The molecule has 0 spiro atoms. The number of carbonyl (C=O) groups excluding carboxylic acids is 1. The van der Waals surface area contributed by atoms with Crippen LogP contribution in [0.4, 0.5) is 10.5 Å². The minimum absolute atomic E-state index is 0.0603. The van der Waals surface area contributed by atoms with Crippen LogP contribution in [0.25, 0.3) is 0 Å². The van der Waals surface area contributed by atoms with E-state index in [4.69, 9.17) is 5.11 Å². The largest absolute Gasteiger partial charge is 0.395 e. The quantitative estimate of drug-likeness (QED) is 0.562. The second-order valence-corrected chi connectivity index (χ2v) is 4.09. The Labute approximate surface area is 114 Å². The zero-order valence-corrected chi connectivity index (χ0v) is 11.2. The lowest BCUT2D eigenvalue weighted by Gasteiger charge is -2.07. The predicted octanol–water partition coefficient (Wildman–Crippen LogP) is 2.34. The van der Waals surface area contributed by atoms with Gasteiger partial charge in [0.2, 0.25) is 0 Å². The van der Waals surface area contributed by atoms with Crippen molar-refractivity contribution in [1.82, 2.24) is 5.32 Å². The maximum Gasteiger partial charge on any atom is 0.319 e. The fourth-order valence-corrected chi connectivity index (χ4v) is 1.45. The van der Waals surface area contributed by atoms with Crippen molar-refractivity contribution < 1.29 is 9.90 Å². The summed E-state index contributed by atoms with van der Waals surface area (Å²) < 4.78 is 0. The van der Waals surface area contributed by atoms with Crippen molar-refractivity contribution in [3.8, 4) is 11.8 Å². The van der Waals surface area contributed by atoms with Crippen molar-refractivity contribution in [2.45, 2.75) is 26.2 Å². The topological polar surface area (TPSA) is 61.4 Å². The monoisotopic (exact) mass is 260 g/mol. The number of benzene rings is 1. The number of unbranched alkanes of at least 4 members (excludes halogenated alkanes) is 1. The Morgan fingerprint density at radius 2 is 2.26 bits per heavy atom. The van der Waals surface area contributed by atoms with Gasteiger partial charge in [-0.05, 0) is 24.6 Å². The minimum atomic E-state index is -0.200. The van der Waals surface area contributed by atoms with Crippen LogP contribution < -0.4 is 10.6 Å². The van der Waals surface area contributed by atoms with Crippen LogP contribution in [0.1, 0.15) is 31.7 Å². The summed E-state index contributed by atoms with van der Waals surface area (Å²) >= 11 is 0. The summed E-state index contributed by atoms with van der Waals surface area (Å²) in [5.74, 6) is 5.78. The molecule has 0 unspecified atom stereocenters. The SMILES string of the molecule is CCCCNC(=O)Nc1cccc(C#CCCO)c1. The van der Waals surface area contributed by atoms with Crippen molar-refractivity contribution in [1.29, 1.82) is 0 Å². The number of urea groups is 1. The van der Waals surface area contributed by atoms with E-state index in [0.29, 0.717) is 18.7 Å². The summed E-state index contributed by atoms with van der Waals surface area (Å²) in [5.41, 5.74) is 1.53. The highest BCUT2D eigenvalue weighted by Gasteiger charge is 2.00. The lowest BCUT2D eigenvalue weighted by Crippen LogP contribution is -2.29. The molecule has 4 heteroatoms. The third-order valence-corrected chi connectivity index (χ3v) is 2.41. The van der Waals surface area contributed by atoms with Gasteiger partial charge in [0, 0.05) is 24.2 Å². The van der Waals surface area contributed by atoms with Crippen molar-refractivity contribution >= 4 is 11.7 Å². The van der Waals surface area contributed by atoms with Gasteiger partial charge in [-0.3, -0.25) is 0 Å². The van der Waals surface area contributed by atoms with E-state index in [0.717, 1.165) is 18.4 Å². The van der Waals surface area contributed by atoms with Crippen LogP contribution in [0.5, 0.6) is 0 Å². The lowest BCUT2D eigenvalue weighted by molar-refractivity contribution is 0.252. The Kier molecular flexibility index (Phi) is 7.14. The maximum atomic E-state index is 11.6.